The minimum atomic E-state index is 0.589. The monoisotopic (exact) mass is 272 g/mol. The lowest BCUT2D eigenvalue weighted by Gasteiger charge is -2.07. The molecular formula is C17H17ClO. The van der Waals surface area contributed by atoms with Gasteiger partial charge in [0.2, 0.25) is 0 Å². The molecule has 0 amide bonds. The standard InChI is InChI=1S/C17H17ClO/c1-12(2)7-13-3-5-15(6-4-13)16-8-14(11-19)9-17(18)10-16/h3-6,8-12H,7H2,1-2H3. The summed E-state index contributed by atoms with van der Waals surface area (Å²) in [5, 5.41) is 0.589. The minimum Gasteiger partial charge on any atom is -0.298 e. The third-order valence-corrected chi connectivity index (χ3v) is 3.21. The molecule has 0 saturated heterocycles. The van der Waals surface area contributed by atoms with E-state index < -0.39 is 0 Å². The lowest BCUT2D eigenvalue weighted by atomic mass is 9.98. The van der Waals surface area contributed by atoms with Gasteiger partial charge >= 0.3 is 0 Å². The molecule has 0 fully saturated rings. The zero-order valence-electron chi connectivity index (χ0n) is 11.2. The number of rotatable bonds is 4. The molecule has 0 N–H and O–H groups in total. The van der Waals surface area contributed by atoms with Crippen molar-refractivity contribution in [3.63, 3.8) is 0 Å². The normalized spacial score (nSPS) is 10.7. The minimum absolute atomic E-state index is 0.589. The van der Waals surface area contributed by atoms with Crippen molar-refractivity contribution in [3.8, 4) is 11.1 Å². The van der Waals surface area contributed by atoms with Crippen molar-refractivity contribution in [3.05, 3.63) is 58.6 Å². The smallest absolute Gasteiger partial charge is 0.150 e. The first-order valence-corrected chi connectivity index (χ1v) is 6.81. The molecular weight excluding hydrogens is 256 g/mol. The van der Waals surface area contributed by atoms with Crippen molar-refractivity contribution in [2.24, 2.45) is 5.92 Å². The van der Waals surface area contributed by atoms with Crippen LogP contribution in [0.5, 0.6) is 0 Å². The Morgan fingerprint density at radius 1 is 1.05 bits per heavy atom. The van der Waals surface area contributed by atoms with Gasteiger partial charge in [0.25, 0.3) is 0 Å². The van der Waals surface area contributed by atoms with E-state index in [-0.39, 0.29) is 0 Å². The second-order valence-corrected chi connectivity index (χ2v) is 5.62. The Morgan fingerprint density at radius 2 is 1.74 bits per heavy atom. The summed E-state index contributed by atoms with van der Waals surface area (Å²) >= 11 is 6.02. The Balaban J connectivity index is 2.31. The fraction of sp³-hybridized carbons (Fsp3) is 0.235. The van der Waals surface area contributed by atoms with Gasteiger partial charge in [0.05, 0.1) is 0 Å². The molecule has 1 nitrogen and oxygen atoms in total. The molecule has 2 aromatic rings. The van der Waals surface area contributed by atoms with Crippen molar-refractivity contribution >= 4 is 17.9 Å². The zero-order chi connectivity index (χ0) is 13.8. The van der Waals surface area contributed by atoms with Gasteiger partial charge in [-0.1, -0.05) is 49.7 Å². The zero-order valence-corrected chi connectivity index (χ0v) is 11.9. The fourth-order valence-electron chi connectivity index (χ4n) is 2.15. The molecule has 0 radical (unpaired) electrons. The van der Waals surface area contributed by atoms with Gasteiger partial charge in [-0.3, -0.25) is 4.79 Å². The SMILES string of the molecule is CC(C)Cc1ccc(-c2cc(Cl)cc(C=O)c2)cc1. The summed E-state index contributed by atoms with van der Waals surface area (Å²) in [6.45, 7) is 4.42. The van der Waals surface area contributed by atoms with E-state index in [4.69, 9.17) is 11.6 Å². The predicted molar refractivity (Wildman–Crippen MR) is 80.8 cm³/mol. The van der Waals surface area contributed by atoms with Crippen molar-refractivity contribution in [2.45, 2.75) is 20.3 Å². The van der Waals surface area contributed by atoms with E-state index in [1.54, 1.807) is 6.07 Å². The molecule has 0 unspecified atom stereocenters. The molecule has 0 aliphatic carbocycles. The summed E-state index contributed by atoms with van der Waals surface area (Å²) in [6, 6.07) is 13.8. The van der Waals surface area contributed by atoms with Crippen LogP contribution in [-0.4, -0.2) is 6.29 Å². The molecule has 0 spiro atoms. The summed E-state index contributed by atoms with van der Waals surface area (Å²) in [4.78, 5) is 10.9. The van der Waals surface area contributed by atoms with Crippen molar-refractivity contribution in [1.29, 1.82) is 0 Å². The Kier molecular flexibility index (Phi) is 4.39. The van der Waals surface area contributed by atoms with Crippen LogP contribution in [-0.2, 0) is 6.42 Å². The van der Waals surface area contributed by atoms with Crippen LogP contribution in [0.3, 0.4) is 0 Å². The summed E-state index contributed by atoms with van der Waals surface area (Å²) in [6.07, 6.45) is 1.90. The maximum absolute atomic E-state index is 10.9. The maximum atomic E-state index is 10.9. The van der Waals surface area contributed by atoms with Gasteiger partial charge < -0.3 is 0 Å². The van der Waals surface area contributed by atoms with Crippen LogP contribution >= 0.6 is 11.6 Å². The molecule has 98 valence electrons. The first-order valence-electron chi connectivity index (χ1n) is 6.43. The van der Waals surface area contributed by atoms with Gasteiger partial charge in [0, 0.05) is 10.6 Å². The molecule has 19 heavy (non-hydrogen) atoms. The molecule has 0 saturated carbocycles. The highest BCUT2D eigenvalue weighted by molar-refractivity contribution is 6.31. The number of hydrogen-bond acceptors (Lipinski definition) is 1. The highest BCUT2D eigenvalue weighted by Gasteiger charge is 2.03. The molecule has 0 aliphatic heterocycles. The quantitative estimate of drug-likeness (QED) is 0.715. The van der Waals surface area contributed by atoms with Crippen molar-refractivity contribution < 1.29 is 4.79 Å². The Morgan fingerprint density at radius 3 is 2.32 bits per heavy atom. The third kappa shape index (κ3) is 3.68. The van der Waals surface area contributed by atoms with Crippen LogP contribution in [0.4, 0.5) is 0 Å². The first kappa shape index (κ1) is 13.8. The van der Waals surface area contributed by atoms with Gasteiger partial charge in [-0.2, -0.15) is 0 Å². The molecule has 2 rings (SSSR count). The molecule has 0 aromatic heterocycles. The number of carbonyl (C=O) groups is 1. The summed E-state index contributed by atoms with van der Waals surface area (Å²) in [5.74, 6) is 0.652. The van der Waals surface area contributed by atoms with Crippen LogP contribution in [0.2, 0.25) is 5.02 Å². The summed E-state index contributed by atoms with van der Waals surface area (Å²) in [5.41, 5.74) is 3.99. The van der Waals surface area contributed by atoms with E-state index >= 15 is 0 Å². The van der Waals surface area contributed by atoms with Crippen LogP contribution in [0.25, 0.3) is 11.1 Å². The molecule has 0 aliphatic rings. The van der Waals surface area contributed by atoms with Gasteiger partial charge in [0.15, 0.2) is 0 Å². The Bertz CT molecular complexity index is 570. The molecule has 0 bridgehead atoms. The van der Waals surface area contributed by atoms with E-state index in [1.807, 2.05) is 12.1 Å². The average molecular weight is 273 g/mol. The van der Waals surface area contributed by atoms with Crippen LogP contribution in [0.1, 0.15) is 29.8 Å². The van der Waals surface area contributed by atoms with Gasteiger partial charge in [0.1, 0.15) is 6.29 Å². The number of carbonyl (C=O) groups excluding carboxylic acids is 1. The fourth-order valence-corrected chi connectivity index (χ4v) is 2.40. The average Bonchev–Trinajstić information content (AvgIpc) is 2.38. The lowest BCUT2D eigenvalue weighted by molar-refractivity contribution is 0.112. The van der Waals surface area contributed by atoms with Gasteiger partial charge in [-0.05, 0) is 47.2 Å². The lowest BCUT2D eigenvalue weighted by Crippen LogP contribution is -1.93. The Labute approximate surface area is 119 Å². The van der Waals surface area contributed by atoms with Crippen LogP contribution in [0, 0.1) is 5.92 Å². The van der Waals surface area contributed by atoms with Crippen LogP contribution in [0.15, 0.2) is 42.5 Å². The highest BCUT2D eigenvalue weighted by Crippen LogP contribution is 2.25. The Hall–Kier alpha value is -1.60. The largest absolute Gasteiger partial charge is 0.298 e. The van der Waals surface area contributed by atoms with Crippen LogP contribution < -0.4 is 0 Å². The van der Waals surface area contributed by atoms with E-state index in [9.17, 15) is 4.79 Å². The number of halogens is 1. The van der Waals surface area contributed by atoms with Crippen molar-refractivity contribution in [2.75, 3.05) is 0 Å². The first-order chi connectivity index (χ1) is 9.08. The predicted octanol–water partition coefficient (Wildman–Crippen LogP) is 5.02. The second-order valence-electron chi connectivity index (χ2n) is 5.19. The maximum Gasteiger partial charge on any atom is 0.150 e. The van der Waals surface area contributed by atoms with Gasteiger partial charge in [-0.25, -0.2) is 0 Å². The summed E-state index contributed by atoms with van der Waals surface area (Å²) in [7, 11) is 0. The van der Waals surface area contributed by atoms with Crippen molar-refractivity contribution in [1.82, 2.24) is 0 Å². The molecule has 0 heterocycles. The highest BCUT2D eigenvalue weighted by atomic mass is 35.5. The number of aldehydes is 1. The van der Waals surface area contributed by atoms with E-state index in [2.05, 4.69) is 38.1 Å². The topological polar surface area (TPSA) is 17.1 Å². The molecule has 2 aromatic carbocycles. The third-order valence-electron chi connectivity index (χ3n) is 2.99. The van der Waals surface area contributed by atoms with E-state index in [0.29, 0.717) is 16.5 Å². The molecule has 0 atom stereocenters. The number of benzene rings is 2. The van der Waals surface area contributed by atoms with E-state index in [0.717, 1.165) is 23.8 Å². The van der Waals surface area contributed by atoms with Gasteiger partial charge in [-0.15, -0.1) is 0 Å². The number of hydrogen-bond donors (Lipinski definition) is 0. The molecule has 2 heteroatoms. The second kappa shape index (κ2) is 6.03. The summed E-state index contributed by atoms with van der Waals surface area (Å²) < 4.78 is 0. The van der Waals surface area contributed by atoms with E-state index in [1.165, 1.54) is 5.56 Å².